The zero-order valence-corrected chi connectivity index (χ0v) is 14.2. The molecule has 0 heterocycles. The summed E-state index contributed by atoms with van der Waals surface area (Å²) in [5, 5.41) is 13.1. The molecule has 25 heavy (non-hydrogen) atoms. The van der Waals surface area contributed by atoms with Crippen LogP contribution in [-0.4, -0.2) is 29.2 Å². The van der Waals surface area contributed by atoms with Crippen LogP contribution in [0.5, 0.6) is 0 Å². The van der Waals surface area contributed by atoms with Crippen LogP contribution in [0.3, 0.4) is 0 Å². The number of benzene rings is 2. The van der Waals surface area contributed by atoms with Gasteiger partial charge in [-0.2, -0.15) is 0 Å². The molecule has 8 heteroatoms. The van der Waals surface area contributed by atoms with Gasteiger partial charge >= 0.3 is 5.97 Å². The molecule has 0 atom stereocenters. The van der Waals surface area contributed by atoms with Crippen LogP contribution in [0.4, 0.5) is 11.4 Å². The Morgan fingerprint density at radius 1 is 1.20 bits per heavy atom. The van der Waals surface area contributed by atoms with Gasteiger partial charge in [0.2, 0.25) is 0 Å². The van der Waals surface area contributed by atoms with Gasteiger partial charge in [0.25, 0.3) is 11.6 Å². The predicted octanol–water partition coefficient (Wildman–Crippen LogP) is 3.18. The topological polar surface area (TPSA) is 98.5 Å². The molecule has 0 unspecified atom stereocenters. The minimum atomic E-state index is -0.560. The van der Waals surface area contributed by atoms with E-state index in [0.29, 0.717) is 0 Å². The highest BCUT2D eigenvalue weighted by molar-refractivity contribution is 8.00. The number of hydrogen-bond acceptors (Lipinski definition) is 6. The smallest absolute Gasteiger partial charge is 0.316 e. The average molecular weight is 360 g/mol. The number of esters is 1. The van der Waals surface area contributed by atoms with Gasteiger partial charge in [-0.1, -0.05) is 24.3 Å². The van der Waals surface area contributed by atoms with Gasteiger partial charge in [0.1, 0.15) is 0 Å². The highest BCUT2D eigenvalue weighted by Gasteiger charge is 2.11. The number of nitro benzene ring substituents is 1. The molecule has 0 aromatic heterocycles. The number of amides is 1. The Morgan fingerprint density at radius 2 is 1.96 bits per heavy atom. The molecule has 2 rings (SSSR count). The molecule has 130 valence electrons. The van der Waals surface area contributed by atoms with E-state index in [1.54, 1.807) is 0 Å². The number of nitrogens with one attached hydrogen (secondary N) is 1. The van der Waals surface area contributed by atoms with Crippen molar-refractivity contribution in [1.29, 1.82) is 0 Å². The quantitative estimate of drug-likeness (QED) is 0.352. The van der Waals surface area contributed by atoms with Crippen molar-refractivity contribution >= 4 is 35.0 Å². The number of anilines is 1. The number of carbonyl (C=O) groups excluding carboxylic acids is 2. The lowest BCUT2D eigenvalue weighted by atomic mass is 10.2. The number of nitrogens with zero attached hydrogens (tertiary/aromatic N) is 1. The average Bonchev–Trinajstić information content (AvgIpc) is 2.59. The first-order valence-corrected chi connectivity index (χ1v) is 8.32. The second kappa shape index (κ2) is 8.84. The van der Waals surface area contributed by atoms with Crippen molar-refractivity contribution in [2.45, 2.75) is 11.8 Å². The third kappa shape index (κ3) is 5.92. The second-order valence-electron chi connectivity index (χ2n) is 5.07. The number of ether oxygens (including phenoxy) is 1. The minimum absolute atomic E-state index is 0.0922. The summed E-state index contributed by atoms with van der Waals surface area (Å²) in [6.45, 7) is 1.50. The van der Waals surface area contributed by atoms with Gasteiger partial charge in [-0.05, 0) is 24.6 Å². The molecule has 1 amide bonds. The van der Waals surface area contributed by atoms with Gasteiger partial charge < -0.3 is 10.1 Å². The van der Waals surface area contributed by atoms with E-state index >= 15 is 0 Å². The molecule has 0 saturated heterocycles. The van der Waals surface area contributed by atoms with Gasteiger partial charge in [0, 0.05) is 22.7 Å². The van der Waals surface area contributed by atoms with E-state index in [1.807, 2.05) is 31.2 Å². The molecule has 0 aliphatic heterocycles. The van der Waals surface area contributed by atoms with E-state index < -0.39 is 23.4 Å². The number of aryl methyl sites for hydroxylation is 1. The van der Waals surface area contributed by atoms with E-state index in [4.69, 9.17) is 4.74 Å². The molecule has 0 saturated carbocycles. The fraction of sp³-hybridized carbons (Fsp3) is 0.176. The molecule has 0 spiro atoms. The summed E-state index contributed by atoms with van der Waals surface area (Å²) in [5.41, 5.74) is 1.19. The number of carbonyl (C=O) groups is 2. The molecule has 7 nitrogen and oxygen atoms in total. The summed E-state index contributed by atoms with van der Waals surface area (Å²) in [4.78, 5) is 34.6. The van der Waals surface area contributed by atoms with Gasteiger partial charge in [-0.25, -0.2) is 0 Å². The van der Waals surface area contributed by atoms with Crippen LogP contribution in [0.25, 0.3) is 0 Å². The van der Waals surface area contributed by atoms with Crippen molar-refractivity contribution in [1.82, 2.24) is 0 Å². The van der Waals surface area contributed by atoms with Crippen LogP contribution in [0, 0.1) is 17.0 Å². The van der Waals surface area contributed by atoms with Crippen molar-refractivity contribution in [3.8, 4) is 0 Å². The first kappa shape index (κ1) is 18.5. The first-order chi connectivity index (χ1) is 12.0. The molecule has 0 radical (unpaired) electrons. The van der Waals surface area contributed by atoms with E-state index in [9.17, 15) is 19.7 Å². The van der Waals surface area contributed by atoms with Crippen LogP contribution >= 0.6 is 11.8 Å². The SMILES string of the molecule is Cc1ccccc1SCC(=O)OCC(=O)Nc1cccc([N+](=O)[O-])c1. The number of nitro groups is 1. The highest BCUT2D eigenvalue weighted by atomic mass is 32.2. The Morgan fingerprint density at radius 3 is 2.68 bits per heavy atom. The molecule has 2 aromatic rings. The zero-order valence-electron chi connectivity index (χ0n) is 13.4. The maximum Gasteiger partial charge on any atom is 0.316 e. The lowest BCUT2D eigenvalue weighted by Crippen LogP contribution is -2.21. The fourth-order valence-corrected chi connectivity index (χ4v) is 2.76. The Bertz CT molecular complexity index is 794. The summed E-state index contributed by atoms with van der Waals surface area (Å²) in [5.74, 6) is -0.980. The maximum absolute atomic E-state index is 11.8. The minimum Gasteiger partial charge on any atom is -0.455 e. The highest BCUT2D eigenvalue weighted by Crippen LogP contribution is 2.21. The van der Waals surface area contributed by atoms with Crippen LogP contribution in [0.15, 0.2) is 53.4 Å². The number of hydrogen-bond donors (Lipinski definition) is 1. The Labute approximate surface area is 148 Å². The van der Waals surface area contributed by atoms with Gasteiger partial charge in [-0.15, -0.1) is 11.8 Å². The summed E-state index contributed by atoms with van der Waals surface area (Å²) >= 11 is 1.33. The number of thioether (sulfide) groups is 1. The van der Waals surface area contributed by atoms with E-state index in [1.165, 1.54) is 36.0 Å². The van der Waals surface area contributed by atoms with Crippen LogP contribution < -0.4 is 5.32 Å². The Balaban J connectivity index is 1.78. The van der Waals surface area contributed by atoms with Crippen molar-refractivity contribution in [3.05, 3.63) is 64.2 Å². The van der Waals surface area contributed by atoms with Crippen LogP contribution in [-0.2, 0) is 14.3 Å². The van der Waals surface area contributed by atoms with Crippen molar-refractivity contribution in [2.75, 3.05) is 17.7 Å². The largest absolute Gasteiger partial charge is 0.455 e. The monoisotopic (exact) mass is 360 g/mol. The summed E-state index contributed by atoms with van der Waals surface area (Å²) in [6, 6.07) is 13.2. The van der Waals surface area contributed by atoms with Crippen molar-refractivity contribution in [3.63, 3.8) is 0 Å². The molecule has 0 aliphatic rings. The summed E-state index contributed by atoms with van der Waals surface area (Å²) in [7, 11) is 0. The number of non-ortho nitro benzene ring substituents is 1. The van der Waals surface area contributed by atoms with Gasteiger partial charge in [0.15, 0.2) is 6.61 Å². The third-order valence-corrected chi connectivity index (χ3v) is 4.29. The third-order valence-electron chi connectivity index (χ3n) is 3.14. The fourth-order valence-electron chi connectivity index (χ4n) is 1.94. The van der Waals surface area contributed by atoms with E-state index in [2.05, 4.69) is 5.32 Å². The zero-order chi connectivity index (χ0) is 18.2. The molecule has 1 N–H and O–H groups in total. The van der Waals surface area contributed by atoms with Gasteiger partial charge in [0.05, 0.1) is 10.7 Å². The molecule has 2 aromatic carbocycles. The van der Waals surface area contributed by atoms with E-state index in [0.717, 1.165) is 10.5 Å². The number of rotatable bonds is 7. The summed E-state index contributed by atoms with van der Waals surface area (Å²) < 4.78 is 4.91. The lowest BCUT2D eigenvalue weighted by molar-refractivity contribution is -0.384. The van der Waals surface area contributed by atoms with Gasteiger partial charge in [-0.3, -0.25) is 19.7 Å². The van der Waals surface area contributed by atoms with Crippen LogP contribution in [0.2, 0.25) is 0 Å². The second-order valence-corrected chi connectivity index (χ2v) is 6.09. The summed E-state index contributed by atoms with van der Waals surface area (Å²) in [6.07, 6.45) is 0. The Hall–Kier alpha value is -2.87. The normalized spacial score (nSPS) is 10.1. The van der Waals surface area contributed by atoms with Crippen LogP contribution in [0.1, 0.15) is 5.56 Å². The Kier molecular flexibility index (Phi) is 6.53. The molecular formula is C17H16N2O5S. The van der Waals surface area contributed by atoms with Crippen molar-refractivity contribution in [2.24, 2.45) is 0 Å². The maximum atomic E-state index is 11.8. The molecule has 0 aliphatic carbocycles. The standard InChI is InChI=1S/C17H16N2O5S/c1-12-5-2-3-8-15(12)25-11-17(21)24-10-16(20)18-13-6-4-7-14(9-13)19(22)23/h2-9H,10-11H2,1H3,(H,18,20). The van der Waals surface area contributed by atoms with E-state index in [-0.39, 0.29) is 17.1 Å². The lowest BCUT2D eigenvalue weighted by Gasteiger charge is -2.07. The van der Waals surface area contributed by atoms with Crippen molar-refractivity contribution < 1.29 is 19.2 Å². The molecular weight excluding hydrogens is 344 g/mol. The first-order valence-electron chi connectivity index (χ1n) is 7.34. The molecule has 0 fully saturated rings. The molecule has 0 bridgehead atoms. The predicted molar refractivity (Wildman–Crippen MR) is 94.6 cm³/mol.